The molecule has 1 aliphatic rings. The van der Waals surface area contributed by atoms with E-state index >= 15 is 0 Å². The first-order valence-corrected chi connectivity index (χ1v) is 6.23. The van der Waals surface area contributed by atoms with Gasteiger partial charge in [-0.1, -0.05) is 18.2 Å². The number of nitro benzene ring substituents is 1. The molecule has 2 aromatic carbocycles. The van der Waals surface area contributed by atoms with Crippen molar-refractivity contribution in [2.24, 2.45) is 0 Å². The van der Waals surface area contributed by atoms with E-state index in [9.17, 15) is 14.9 Å². The van der Waals surface area contributed by atoms with Gasteiger partial charge in [-0.15, -0.1) is 0 Å². The normalized spacial score (nSPS) is 13.4. The number of nitrogens with zero attached hydrogens (tertiary/aromatic N) is 2. The predicted molar refractivity (Wildman–Crippen MR) is 74.8 cm³/mol. The second kappa shape index (κ2) is 4.45. The van der Waals surface area contributed by atoms with Crippen molar-refractivity contribution in [1.82, 2.24) is 0 Å². The molecule has 0 atom stereocenters. The highest BCUT2D eigenvalue weighted by Crippen LogP contribution is 2.33. The van der Waals surface area contributed by atoms with Gasteiger partial charge in [-0.05, 0) is 30.7 Å². The third kappa shape index (κ3) is 1.84. The van der Waals surface area contributed by atoms with Gasteiger partial charge in [0.15, 0.2) is 0 Å². The van der Waals surface area contributed by atoms with Crippen LogP contribution < -0.4 is 4.90 Å². The van der Waals surface area contributed by atoms with Gasteiger partial charge in [-0.3, -0.25) is 14.9 Å². The highest BCUT2D eigenvalue weighted by atomic mass is 16.6. The van der Waals surface area contributed by atoms with Gasteiger partial charge in [-0.2, -0.15) is 0 Å². The van der Waals surface area contributed by atoms with Crippen molar-refractivity contribution < 1.29 is 9.72 Å². The van der Waals surface area contributed by atoms with E-state index in [1.165, 1.54) is 6.07 Å². The molecule has 0 N–H and O–H groups in total. The number of anilines is 1. The Morgan fingerprint density at radius 1 is 1.20 bits per heavy atom. The highest BCUT2D eigenvalue weighted by Gasteiger charge is 2.33. The average molecular weight is 268 g/mol. The van der Waals surface area contributed by atoms with Crippen LogP contribution in [0.4, 0.5) is 11.4 Å². The summed E-state index contributed by atoms with van der Waals surface area (Å²) in [7, 11) is 0. The molecule has 100 valence electrons. The van der Waals surface area contributed by atoms with Crippen LogP contribution in [0.5, 0.6) is 0 Å². The summed E-state index contributed by atoms with van der Waals surface area (Å²) in [4.78, 5) is 24.6. The summed E-state index contributed by atoms with van der Waals surface area (Å²) in [6, 6.07) is 12.2. The van der Waals surface area contributed by atoms with Crippen LogP contribution in [0.15, 0.2) is 42.5 Å². The van der Waals surface area contributed by atoms with Crippen LogP contribution >= 0.6 is 0 Å². The lowest BCUT2D eigenvalue weighted by atomic mass is 10.1. The van der Waals surface area contributed by atoms with E-state index in [2.05, 4.69) is 0 Å². The summed E-state index contributed by atoms with van der Waals surface area (Å²) in [6.07, 6.45) is 0. The Morgan fingerprint density at radius 3 is 2.65 bits per heavy atom. The molecule has 5 heteroatoms. The van der Waals surface area contributed by atoms with Gasteiger partial charge in [0.25, 0.3) is 11.6 Å². The molecule has 1 amide bonds. The highest BCUT2D eigenvalue weighted by molar-refractivity contribution is 6.10. The van der Waals surface area contributed by atoms with Crippen molar-refractivity contribution in [3.8, 4) is 0 Å². The van der Waals surface area contributed by atoms with Crippen molar-refractivity contribution in [2.75, 3.05) is 4.90 Å². The van der Waals surface area contributed by atoms with Crippen LogP contribution in [-0.4, -0.2) is 10.8 Å². The number of rotatable bonds is 2. The molecular formula is C15H12N2O3. The van der Waals surface area contributed by atoms with Gasteiger partial charge >= 0.3 is 0 Å². The maximum Gasteiger partial charge on any atom is 0.275 e. The summed E-state index contributed by atoms with van der Waals surface area (Å²) in [5.41, 5.74) is 2.72. The lowest BCUT2D eigenvalue weighted by Crippen LogP contribution is -2.22. The fourth-order valence-electron chi connectivity index (χ4n) is 2.49. The quantitative estimate of drug-likeness (QED) is 0.621. The molecule has 3 rings (SSSR count). The number of fused-ring (bicyclic) bond motifs is 1. The zero-order chi connectivity index (χ0) is 14.3. The van der Waals surface area contributed by atoms with E-state index in [0.29, 0.717) is 11.1 Å². The number of hydrogen-bond donors (Lipinski definition) is 0. The Morgan fingerprint density at radius 2 is 1.95 bits per heavy atom. The summed E-state index contributed by atoms with van der Waals surface area (Å²) >= 11 is 0. The molecule has 2 aromatic rings. The molecule has 0 unspecified atom stereocenters. The maximum absolute atomic E-state index is 12.4. The molecular weight excluding hydrogens is 256 g/mol. The zero-order valence-electron chi connectivity index (χ0n) is 10.9. The monoisotopic (exact) mass is 268 g/mol. The lowest BCUT2D eigenvalue weighted by molar-refractivity contribution is -0.385. The van der Waals surface area contributed by atoms with Crippen LogP contribution in [0.3, 0.4) is 0 Å². The Balaban J connectivity index is 2.07. The van der Waals surface area contributed by atoms with Gasteiger partial charge in [-0.25, -0.2) is 0 Å². The number of carbonyl (C=O) groups excluding carboxylic acids is 1. The van der Waals surface area contributed by atoms with E-state index < -0.39 is 4.92 Å². The molecule has 1 heterocycles. The molecule has 20 heavy (non-hydrogen) atoms. The molecule has 0 fully saturated rings. The van der Waals surface area contributed by atoms with E-state index in [0.717, 1.165) is 11.3 Å². The fourth-order valence-corrected chi connectivity index (χ4v) is 2.49. The van der Waals surface area contributed by atoms with Crippen LogP contribution in [0.2, 0.25) is 0 Å². The van der Waals surface area contributed by atoms with Crippen LogP contribution in [0.1, 0.15) is 21.5 Å². The minimum atomic E-state index is -0.439. The number of aryl methyl sites for hydroxylation is 1. The molecule has 0 saturated heterocycles. The van der Waals surface area contributed by atoms with Crippen LogP contribution in [0.25, 0.3) is 0 Å². The summed E-state index contributed by atoms with van der Waals surface area (Å²) < 4.78 is 0. The summed E-state index contributed by atoms with van der Waals surface area (Å²) in [5.74, 6) is -0.186. The maximum atomic E-state index is 12.4. The first-order valence-electron chi connectivity index (χ1n) is 6.23. The second-order valence-corrected chi connectivity index (χ2v) is 4.79. The number of amides is 1. The third-order valence-corrected chi connectivity index (χ3v) is 3.45. The summed E-state index contributed by atoms with van der Waals surface area (Å²) in [5, 5.41) is 11.0. The van der Waals surface area contributed by atoms with Crippen LogP contribution in [-0.2, 0) is 6.54 Å². The third-order valence-electron chi connectivity index (χ3n) is 3.45. The van der Waals surface area contributed by atoms with E-state index in [1.807, 2.05) is 31.2 Å². The predicted octanol–water partition coefficient (Wildman–Crippen LogP) is 3.06. The molecule has 0 aromatic heterocycles. The minimum Gasteiger partial charge on any atom is -0.304 e. The first-order chi connectivity index (χ1) is 9.58. The van der Waals surface area contributed by atoms with Crippen molar-refractivity contribution in [2.45, 2.75) is 13.5 Å². The Kier molecular flexibility index (Phi) is 2.75. The van der Waals surface area contributed by atoms with Crippen LogP contribution in [0, 0.1) is 17.0 Å². The Hall–Kier alpha value is -2.69. The second-order valence-electron chi connectivity index (χ2n) is 4.79. The Bertz CT molecular complexity index is 725. The standard InChI is InChI=1S/C15H12N2O3/c1-10-4-2-5-11(8-10)16-9-13-12(15(16)18)6-3-7-14(13)17(19)20/h2-8H,9H2,1H3. The topological polar surface area (TPSA) is 63.4 Å². The number of hydrogen-bond acceptors (Lipinski definition) is 3. The molecule has 0 aliphatic carbocycles. The number of benzene rings is 2. The Labute approximate surface area is 115 Å². The molecule has 0 spiro atoms. The number of carbonyl (C=O) groups is 1. The molecule has 1 aliphatic heterocycles. The van der Waals surface area contributed by atoms with Gasteiger partial charge in [0.1, 0.15) is 0 Å². The molecule has 0 radical (unpaired) electrons. The molecule has 0 bridgehead atoms. The minimum absolute atomic E-state index is 0.00556. The first kappa shape index (κ1) is 12.3. The van der Waals surface area contributed by atoms with Crippen molar-refractivity contribution in [3.05, 3.63) is 69.3 Å². The van der Waals surface area contributed by atoms with E-state index in [4.69, 9.17) is 0 Å². The summed E-state index contributed by atoms with van der Waals surface area (Å²) in [6.45, 7) is 2.19. The van der Waals surface area contributed by atoms with Crippen molar-refractivity contribution in [1.29, 1.82) is 0 Å². The molecule has 0 saturated carbocycles. The van der Waals surface area contributed by atoms with E-state index in [1.54, 1.807) is 17.0 Å². The fraction of sp³-hybridized carbons (Fsp3) is 0.133. The average Bonchev–Trinajstić information content (AvgIpc) is 2.76. The largest absolute Gasteiger partial charge is 0.304 e. The van der Waals surface area contributed by atoms with Gasteiger partial charge < -0.3 is 4.90 Å². The van der Waals surface area contributed by atoms with Gasteiger partial charge in [0, 0.05) is 11.8 Å². The number of nitro groups is 1. The van der Waals surface area contributed by atoms with Gasteiger partial charge in [0.05, 0.1) is 22.6 Å². The zero-order valence-corrected chi connectivity index (χ0v) is 10.9. The lowest BCUT2D eigenvalue weighted by Gasteiger charge is -2.15. The SMILES string of the molecule is Cc1cccc(N2Cc3c(cccc3[N+](=O)[O-])C2=O)c1. The van der Waals surface area contributed by atoms with Crippen molar-refractivity contribution >= 4 is 17.3 Å². The van der Waals surface area contributed by atoms with E-state index in [-0.39, 0.29) is 18.1 Å². The van der Waals surface area contributed by atoms with Crippen molar-refractivity contribution in [3.63, 3.8) is 0 Å². The molecule has 5 nitrogen and oxygen atoms in total. The smallest absolute Gasteiger partial charge is 0.275 e. The van der Waals surface area contributed by atoms with Gasteiger partial charge in [0.2, 0.25) is 0 Å².